The average Bonchev–Trinajstić information content (AvgIpc) is 2.69. The van der Waals surface area contributed by atoms with Crippen molar-refractivity contribution < 1.29 is 9.84 Å². The van der Waals surface area contributed by atoms with Crippen molar-refractivity contribution in [1.29, 1.82) is 0 Å². The van der Waals surface area contributed by atoms with E-state index >= 15 is 0 Å². The van der Waals surface area contributed by atoms with Gasteiger partial charge < -0.3 is 15.2 Å². The second-order valence-electron chi connectivity index (χ2n) is 5.53. The van der Waals surface area contributed by atoms with Crippen LogP contribution in [0.25, 0.3) is 22.4 Å². The summed E-state index contributed by atoms with van der Waals surface area (Å²) < 4.78 is 5.06. The molecule has 2 aromatic carbocycles. The molecular formula is C19H15N5O2. The summed E-state index contributed by atoms with van der Waals surface area (Å²) in [5.74, 6) is 0.936. The first-order valence-corrected chi connectivity index (χ1v) is 7.92. The van der Waals surface area contributed by atoms with Gasteiger partial charge in [-0.1, -0.05) is 30.3 Å². The molecule has 2 heterocycles. The lowest BCUT2D eigenvalue weighted by molar-refractivity contribution is 0.373. The molecule has 4 aromatic rings. The minimum absolute atomic E-state index is 0.0342. The maximum absolute atomic E-state index is 9.95. The van der Waals surface area contributed by atoms with Crippen molar-refractivity contribution in [2.24, 2.45) is 0 Å². The van der Waals surface area contributed by atoms with Crippen LogP contribution in [0.5, 0.6) is 11.5 Å². The van der Waals surface area contributed by atoms with E-state index < -0.39 is 0 Å². The van der Waals surface area contributed by atoms with Crippen LogP contribution in [-0.2, 0) is 0 Å². The summed E-state index contributed by atoms with van der Waals surface area (Å²) in [5.41, 5.74) is 3.37. The van der Waals surface area contributed by atoms with E-state index in [1.165, 1.54) is 13.4 Å². The zero-order chi connectivity index (χ0) is 17.9. The van der Waals surface area contributed by atoms with Crippen LogP contribution in [0.4, 0.5) is 11.5 Å². The van der Waals surface area contributed by atoms with E-state index in [-0.39, 0.29) is 5.75 Å². The van der Waals surface area contributed by atoms with E-state index in [1.54, 1.807) is 24.4 Å². The summed E-state index contributed by atoms with van der Waals surface area (Å²) in [7, 11) is 1.50. The first kappa shape index (κ1) is 15.8. The number of anilines is 2. The monoisotopic (exact) mass is 345 g/mol. The number of aromatic hydroxyl groups is 1. The molecule has 7 heteroatoms. The molecule has 0 fully saturated rings. The molecule has 0 saturated carbocycles. The minimum atomic E-state index is 0.0342. The maximum Gasteiger partial charge on any atom is 0.183 e. The number of phenolic OH excluding ortho intramolecular Hbond substituents is 1. The third kappa shape index (κ3) is 2.98. The van der Waals surface area contributed by atoms with Gasteiger partial charge in [-0.2, -0.15) is 0 Å². The van der Waals surface area contributed by atoms with Crippen LogP contribution in [0, 0.1) is 0 Å². The predicted octanol–water partition coefficient (Wildman–Crippen LogP) is 3.54. The minimum Gasteiger partial charge on any atom is -0.504 e. The molecule has 4 rings (SSSR count). The lowest BCUT2D eigenvalue weighted by Gasteiger charge is -2.10. The highest BCUT2D eigenvalue weighted by atomic mass is 16.5. The number of rotatable bonds is 4. The summed E-state index contributed by atoms with van der Waals surface area (Å²) in [6.07, 6.45) is 3.11. The van der Waals surface area contributed by atoms with E-state index in [0.29, 0.717) is 28.4 Å². The van der Waals surface area contributed by atoms with Gasteiger partial charge in [0.1, 0.15) is 6.33 Å². The molecule has 0 aliphatic carbocycles. The third-order valence-electron chi connectivity index (χ3n) is 3.86. The molecule has 0 bridgehead atoms. The number of methoxy groups -OCH3 is 1. The number of nitrogens with one attached hydrogen (secondary N) is 1. The van der Waals surface area contributed by atoms with Crippen LogP contribution in [0.15, 0.2) is 61.1 Å². The van der Waals surface area contributed by atoms with Gasteiger partial charge in [0, 0.05) is 17.3 Å². The summed E-state index contributed by atoms with van der Waals surface area (Å²) in [6, 6.07) is 14.8. The van der Waals surface area contributed by atoms with Crippen LogP contribution in [0.3, 0.4) is 0 Å². The van der Waals surface area contributed by atoms with E-state index in [4.69, 9.17) is 4.74 Å². The van der Waals surface area contributed by atoms with Crippen LogP contribution < -0.4 is 10.1 Å². The quantitative estimate of drug-likeness (QED) is 0.584. The fourth-order valence-electron chi connectivity index (χ4n) is 2.58. The standard InChI is InChI=1S/C19H15N5O2/c1-26-16-8-7-13(9-15(16)25)23-19-17-18(21-11-22-19)20-10-14(24-17)12-5-3-2-4-6-12/h2-11,25H,1H3,(H,20,21,22,23). The summed E-state index contributed by atoms with van der Waals surface area (Å²) in [5, 5.41) is 13.1. The van der Waals surface area contributed by atoms with Gasteiger partial charge in [0.15, 0.2) is 28.5 Å². The second kappa shape index (κ2) is 6.64. The Balaban J connectivity index is 1.76. The van der Waals surface area contributed by atoms with Crippen molar-refractivity contribution in [3.05, 3.63) is 61.1 Å². The second-order valence-corrected chi connectivity index (χ2v) is 5.53. The number of nitrogens with zero attached hydrogens (tertiary/aromatic N) is 4. The van der Waals surface area contributed by atoms with Crippen molar-refractivity contribution in [3.8, 4) is 22.8 Å². The Bertz CT molecular complexity index is 1070. The molecule has 7 nitrogen and oxygen atoms in total. The van der Waals surface area contributed by atoms with E-state index in [9.17, 15) is 5.11 Å². The molecule has 0 aliphatic rings. The van der Waals surface area contributed by atoms with Crippen LogP contribution in [0.1, 0.15) is 0 Å². The smallest absolute Gasteiger partial charge is 0.183 e. The highest BCUT2D eigenvalue weighted by Crippen LogP contribution is 2.31. The van der Waals surface area contributed by atoms with Gasteiger partial charge in [-0.3, -0.25) is 0 Å². The third-order valence-corrected chi connectivity index (χ3v) is 3.86. The zero-order valence-electron chi connectivity index (χ0n) is 13.9. The predicted molar refractivity (Wildman–Crippen MR) is 98.5 cm³/mol. The molecule has 0 aliphatic heterocycles. The molecular weight excluding hydrogens is 330 g/mol. The Hall–Kier alpha value is -3.74. The first-order valence-electron chi connectivity index (χ1n) is 7.92. The Kier molecular flexibility index (Phi) is 4.03. The molecule has 0 saturated heterocycles. The van der Waals surface area contributed by atoms with Gasteiger partial charge in [-0.05, 0) is 12.1 Å². The normalized spacial score (nSPS) is 10.7. The number of aromatic nitrogens is 4. The fourth-order valence-corrected chi connectivity index (χ4v) is 2.58. The van der Waals surface area contributed by atoms with Crippen LogP contribution >= 0.6 is 0 Å². The Labute approximate surface area is 149 Å². The van der Waals surface area contributed by atoms with Crippen molar-refractivity contribution in [1.82, 2.24) is 19.9 Å². The van der Waals surface area contributed by atoms with Crippen LogP contribution in [-0.4, -0.2) is 32.2 Å². The van der Waals surface area contributed by atoms with E-state index in [2.05, 4.69) is 25.3 Å². The molecule has 0 atom stereocenters. The van der Waals surface area contributed by atoms with Crippen LogP contribution in [0.2, 0.25) is 0 Å². The largest absolute Gasteiger partial charge is 0.504 e. The number of phenols is 1. The topological polar surface area (TPSA) is 93.0 Å². The lowest BCUT2D eigenvalue weighted by Crippen LogP contribution is -2.00. The van der Waals surface area contributed by atoms with Crippen molar-refractivity contribution in [2.45, 2.75) is 0 Å². The summed E-state index contributed by atoms with van der Waals surface area (Å²) >= 11 is 0. The molecule has 128 valence electrons. The molecule has 0 radical (unpaired) electrons. The lowest BCUT2D eigenvalue weighted by atomic mass is 10.2. The summed E-state index contributed by atoms with van der Waals surface area (Å²) in [6.45, 7) is 0. The Morgan fingerprint density at radius 3 is 2.62 bits per heavy atom. The van der Waals surface area contributed by atoms with Gasteiger partial charge in [-0.25, -0.2) is 19.9 Å². The van der Waals surface area contributed by atoms with E-state index in [0.717, 1.165) is 11.3 Å². The van der Waals surface area contributed by atoms with Gasteiger partial charge in [0.2, 0.25) is 0 Å². The summed E-state index contributed by atoms with van der Waals surface area (Å²) in [4.78, 5) is 17.5. The highest BCUT2D eigenvalue weighted by Gasteiger charge is 2.10. The number of benzene rings is 2. The van der Waals surface area contributed by atoms with Crippen molar-refractivity contribution in [2.75, 3.05) is 12.4 Å². The number of ether oxygens (including phenoxy) is 1. The van der Waals surface area contributed by atoms with Gasteiger partial charge >= 0.3 is 0 Å². The molecule has 0 spiro atoms. The molecule has 0 amide bonds. The molecule has 2 aromatic heterocycles. The van der Waals surface area contributed by atoms with Gasteiger partial charge in [0.05, 0.1) is 19.0 Å². The highest BCUT2D eigenvalue weighted by molar-refractivity contribution is 5.86. The first-order chi connectivity index (χ1) is 12.7. The van der Waals surface area contributed by atoms with Gasteiger partial charge in [0.25, 0.3) is 0 Å². The average molecular weight is 345 g/mol. The maximum atomic E-state index is 9.95. The Morgan fingerprint density at radius 2 is 1.85 bits per heavy atom. The van der Waals surface area contributed by atoms with Crippen molar-refractivity contribution >= 4 is 22.7 Å². The molecule has 26 heavy (non-hydrogen) atoms. The Morgan fingerprint density at radius 1 is 1.00 bits per heavy atom. The number of hydrogen-bond acceptors (Lipinski definition) is 7. The fraction of sp³-hybridized carbons (Fsp3) is 0.0526. The van der Waals surface area contributed by atoms with Gasteiger partial charge in [-0.15, -0.1) is 0 Å². The molecule has 2 N–H and O–H groups in total. The SMILES string of the molecule is COc1ccc(Nc2ncnc3ncc(-c4ccccc4)nc23)cc1O. The van der Waals surface area contributed by atoms with Crippen molar-refractivity contribution in [3.63, 3.8) is 0 Å². The number of hydrogen-bond donors (Lipinski definition) is 2. The van der Waals surface area contributed by atoms with E-state index in [1.807, 2.05) is 30.3 Å². The zero-order valence-corrected chi connectivity index (χ0v) is 13.9. The number of fused-ring (bicyclic) bond motifs is 1. The molecule has 0 unspecified atom stereocenters.